The Hall–Kier alpha value is -3.65. The number of fused-ring (bicyclic) bond motifs is 2. The van der Waals surface area contributed by atoms with Crippen LogP contribution in [0.25, 0.3) is 20.7 Å². The summed E-state index contributed by atoms with van der Waals surface area (Å²) >= 11 is 1.51. The first-order valence-electron chi connectivity index (χ1n) is 11.8. The van der Waals surface area contributed by atoms with Crippen molar-refractivity contribution in [2.45, 2.75) is 32.4 Å². The van der Waals surface area contributed by atoms with Crippen LogP contribution < -0.4 is 15.0 Å². The molecule has 6 rings (SSSR count). The highest BCUT2D eigenvalue weighted by Gasteiger charge is 2.31. The lowest BCUT2D eigenvalue weighted by Crippen LogP contribution is -2.36. The van der Waals surface area contributed by atoms with Crippen LogP contribution >= 0.6 is 11.3 Å². The molecule has 0 N–H and O–H groups in total. The fourth-order valence-electron chi connectivity index (χ4n) is 5.05. The number of amides is 1. The van der Waals surface area contributed by atoms with Crippen LogP contribution in [0.15, 0.2) is 59.7 Å². The van der Waals surface area contributed by atoms with Gasteiger partial charge in [-0.15, -0.1) is 11.3 Å². The van der Waals surface area contributed by atoms with E-state index in [0.717, 1.165) is 45.9 Å². The first-order chi connectivity index (χ1) is 17.1. The van der Waals surface area contributed by atoms with E-state index in [4.69, 9.17) is 9.47 Å². The van der Waals surface area contributed by atoms with Crippen molar-refractivity contribution in [3.63, 3.8) is 0 Å². The first kappa shape index (κ1) is 21.9. The summed E-state index contributed by atoms with van der Waals surface area (Å²) < 4.78 is 12.8. The second kappa shape index (κ2) is 8.85. The Morgan fingerprint density at radius 2 is 1.91 bits per heavy atom. The standard InChI is InChI=1S/C27H25N3O4S/c1-17-24-26(35-25(17)18-6-3-2-4-7-18)28-16-29(27(24)32)15-23(31)30-11-5-8-20(30)19-9-10-21-22(14-19)34-13-12-33-21/h2-4,6-7,9-10,14,16,20H,5,8,11-13,15H2,1H3. The third-order valence-electron chi connectivity index (χ3n) is 6.78. The van der Waals surface area contributed by atoms with Crippen molar-refractivity contribution < 1.29 is 14.3 Å². The molecule has 1 atom stereocenters. The molecule has 1 amide bonds. The Morgan fingerprint density at radius 1 is 1.11 bits per heavy atom. The Bertz CT molecular complexity index is 1480. The fraction of sp³-hybridized carbons (Fsp3) is 0.296. The van der Waals surface area contributed by atoms with Crippen molar-refractivity contribution in [1.29, 1.82) is 0 Å². The third-order valence-corrected chi connectivity index (χ3v) is 8.03. The number of benzene rings is 2. The van der Waals surface area contributed by atoms with Gasteiger partial charge in [0.15, 0.2) is 11.5 Å². The number of thiophene rings is 1. The van der Waals surface area contributed by atoms with Gasteiger partial charge < -0.3 is 14.4 Å². The number of carbonyl (C=O) groups excluding carboxylic acids is 1. The van der Waals surface area contributed by atoms with Crippen molar-refractivity contribution in [1.82, 2.24) is 14.5 Å². The lowest BCUT2D eigenvalue weighted by atomic mass is 10.0. The van der Waals surface area contributed by atoms with E-state index in [1.165, 1.54) is 22.2 Å². The SMILES string of the molecule is Cc1c(-c2ccccc2)sc2ncn(CC(=O)N3CCCC3c3ccc4c(c3)OCCO4)c(=O)c12. The van der Waals surface area contributed by atoms with Crippen molar-refractivity contribution in [2.75, 3.05) is 19.8 Å². The zero-order valence-corrected chi connectivity index (χ0v) is 20.2. The van der Waals surface area contributed by atoms with Crippen LogP contribution in [0, 0.1) is 6.92 Å². The minimum atomic E-state index is -0.172. The van der Waals surface area contributed by atoms with E-state index in [1.54, 1.807) is 0 Å². The molecular weight excluding hydrogens is 462 g/mol. The normalized spacial score (nSPS) is 17.2. The van der Waals surface area contributed by atoms with Crippen LogP contribution in [0.4, 0.5) is 0 Å². The fourth-order valence-corrected chi connectivity index (χ4v) is 6.20. The summed E-state index contributed by atoms with van der Waals surface area (Å²) in [6.07, 6.45) is 3.30. The van der Waals surface area contributed by atoms with Gasteiger partial charge in [0.2, 0.25) is 5.91 Å². The Balaban J connectivity index is 1.28. The van der Waals surface area contributed by atoms with Gasteiger partial charge in [-0.2, -0.15) is 0 Å². The molecule has 2 aliphatic heterocycles. The third kappa shape index (κ3) is 3.87. The van der Waals surface area contributed by atoms with Gasteiger partial charge in [0.1, 0.15) is 24.6 Å². The van der Waals surface area contributed by atoms with Gasteiger partial charge in [-0.1, -0.05) is 36.4 Å². The second-order valence-electron chi connectivity index (χ2n) is 8.93. The van der Waals surface area contributed by atoms with Gasteiger partial charge in [-0.05, 0) is 48.6 Å². The van der Waals surface area contributed by atoms with Crippen molar-refractivity contribution in [3.8, 4) is 21.9 Å². The highest BCUT2D eigenvalue weighted by Crippen LogP contribution is 2.38. The van der Waals surface area contributed by atoms with Crippen molar-refractivity contribution >= 4 is 27.5 Å². The molecule has 7 nitrogen and oxygen atoms in total. The number of aryl methyl sites for hydroxylation is 1. The van der Waals surface area contributed by atoms with Gasteiger partial charge in [0.05, 0.1) is 17.8 Å². The van der Waals surface area contributed by atoms with E-state index >= 15 is 0 Å². The van der Waals surface area contributed by atoms with Crippen LogP contribution in [-0.2, 0) is 11.3 Å². The quantitative estimate of drug-likeness (QED) is 0.422. The van der Waals surface area contributed by atoms with Gasteiger partial charge in [-0.3, -0.25) is 14.2 Å². The molecule has 35 heavy (non-hydrogen) atoms. The average Bonchev–Trinajstić information content (AvgIpc) is 3.51. The molecule has 0 saturated carbocycles. The molecule has 0 radical (unpaired) electrons. The van der Waals surface area contributed by atoms with Crippen LogP contribution in [-0.4, -0.2) is 40.1 Å². The molecule has 4 heterocycles. The molecule has 1 saturated heterocycles. The largest absolute Gasteiger partial charge is 0.486 e. The molecule has 178 valence electrons. The summed E-state index contributed by atoms with van der Waals surface area (Å²) in [5.41, 5.74) is 2.83. The van der Waals surface area contributed by atoms with Gasteiger partial charge in [0, 0.05) is 11.4 Å². The smallest absolute Gasteiger partial charge is 0.262 e. The average molecular weight is 488 g/mol. The first-order valence-corrected chi connectivity index (χ1v) is 12.6. The molecule has 2 aromatic carbocycles. The molecular formula is C27H25N3O4S. The summed E-state index contributed by atoms with van der Waals surface area (Å²) in [7, 11) is 0. The maximum Gasteiger partial charge on any atom is 0.262 e. The summed E-state index contributed by atoms with van der Waals surface area (Å²) in [5, 5.41) is 0.592. The predicted octanol–water partition coefficient (Wildman–Crippen LogP) is 4.57. The number of hydrogen-bond acceptors (Lipinski definition) is 6. The molecule has 1 unspecified atom stereocenters. The predicted molar refractivity (Wildman–Crippen MR) is 135 cm³/mol. The van der Waals surface area contributed by atoms with Crippen LogP contribution in [0.1, 0.15) is 30.0 Å². The second-order valence-corrected chi connectivity index (χ2v) is 9.93. The number of hydrogen-bond donors (Lipinski definition) is 0. The molecule has 4 aromatic rings. The van der Waals surface area contributed by atoms with Crippen molar-refractivity contribution in [3.05, 3.63) is 76.3 Å². The van der Waals surface area contributed by atoms with Crippen LogP contribution in [0.5, 0.6) is 11.5 Å². The summed E-state index contributed by atoms with van der Waals surface area (Å²) in [6.45, 7) is 3.66. The zero-order valence-electron chi connectivity index (χ0n) is 19.4. The molecule has 2 aromatic heterocycles. The van der Waals surface area contributed by atoms with E-state index in [2.05, 4.69) is 4.98 Å². The lowest BCUT2D eigenvalue weighted by Gasteiger charge is -2.27. The van der Waals surface area contributed by atoms with E-state index in [1.807, 2.05) is 60.4 Å². The minimum absolute atomic E-state index is 0.0290. The monoisotopic (exact) mass is 487 g/mol. The van der Waals surface area contributed by atoms with Gasteiger partial charge >= 0.3 is 0 Å². The van der Waals surface area contributed by atoms with Gasteiger partial charge in [-0.25, -0.2) is 4.98 Å². The number of rotatable bonds is 4. The maximum absolute atomic E-state index is 13.4. The molecule has 0 spiro atoms. The summed E-state index contributed by atoms with van der Waals surface area (Å²) in [5.74, 6) is 1.38. The highest BCUT2D eigenvalue weighted by atomic mass is 32.1. The number of carbonyl (C=O) groups is 1. The number of aromatic nitrogens is 2. The number of nitrogens with zero attached hydrogens (tertiary/aromatic N) is 3. The minimum Gasteiger partial charge on any atom is -0.486 e. The van der Waals surface area contributed by atoms with E-state index < -0.39 is 0 Å². The van der Waals surface area contributed by atoms with E-state index in [-0.39, 0.29) is 24.1 Å². The zero-order chi connectivity index (χ0) is 23.9. The Kier molecular flexibility index (Phi) is 5.53. The van der Waals surface area contributed by atoms with E-state index in [0.29, 0.717) is 30.0 Å². The summed E-state index contributed by atoms with van der Waals surface area (Å²) in [6, 6.07) is 15.9. The topological polar surface area (TPSA) is 73.7 Å². The Labute approximate surface area is 206 Å². The molecule has 8 heteroatoms. The molecule has 2 aliphatic rings. The Morgan fingerprint density at radius 3 is 2.74 bits per heavy atom. The molecule has 0 bridgehead atoms. The van der Waals surface area contributed by atoms with Gasteiger partial charge in [0.25, 0.3) is 5.56 Å². The summed E-state index contributed by atoms with van der Waals surface area (Å²) in [4.78, 5) is 34.9. The lowest BCUT2D eigenvalue weighted by molar-refractivity contribution is -0.132. The van der Waals surface area contributed by atoms with Crippen LogP contribution in [0.3, 0.4) is 0 Å². The highest BCUT2D eigenvalue weighted by molar-refractivity contribution is 7.22. The molecule has 1 fully saturated rings. The molecule has 0 aliphatic carbocycles. The van der Waals surface area contributed by atoms with E-state index in [9.17, 15) is 9.59 Å². The maximum atomic E-state index is 13.4. The van der Waals surface area contributed by atoms with Crippen molar-refractivity contribution in [2.24, 2.45) is 0 Å². The number of likely N-dealkylation sites (tertiary alicyclic amines) is 1. The van der Waals surface area contributed by atoms with Crippen LogP contribution in [0.2, 0.25) is 0 Å². The number of ether oxygens (including phenoxy) is 2.